The summed E-state index contributed by atoms with van der Waals surface area (Å²) in [6.45, 7) is 2.83. The van der Waals surface area contributed by atoms with Crippen LogP contribution in [0.25, 0.3) is 0 Å². The van der Waals surface area contributed by atoms with Crippen molar-refractivity contribution in [2.24, 2.45) is 5.92 Å². The van der Waals surface area contributed by atoms with Gasteiger partial charge in [-0.05, 0) is 34.7 Å². The summed E-state index contributed by atoms with van der Waals surface area (Å²) in [7, 11) is 0. The van der Waals surface area contributed by atoms with Crippen LogP contribution in [0.1, 0.15) is 19.3 Å². The number of hydrogen-bond acceptors (Lipinski definition) is 5. The van der Waals surface area contributed by atoms with Crippen LogP contribution in [0.2, 0.25) is 0 Å². The number of carbonyl (C=O) groups excluding carboxylic acids is 1. The average molecular weight is 316 g/mol. The van der Waals surface area contributed by atoms with Gasteiger partial charge in [0.15, 0.2) is 6.20 Å². The van der Waals surface area contributed by atoms with Gasteiger partial charge in [-0.2, -0.15) is 0 Å². The Morgan fingerprint density at radius 3 is 2.65 bits per heavy atom. The molecule has 1 atom stereocenters. The highest BCUT2D eigenvalue weighted by atomic mass is 16.6. The predicted molar refractivity (Wildman–Crippen MR) is 86.2 cm³/mol. The van der Waals surface area contributed by atoms with E-state index in [0.717, 1.165) is 31.6 Å². The summed E-state index contributed by atoms with van der Waals surface area (Å²) in [5, 5.41) is 10.6. The Morgan fingerprint density at radius 2 is 2.09 bits per heavy atom. The number of rotatable bonds is 4. The van der Waals surface area contributed by atoms with Crippen molar-refractivity contribution in [1.82, 2.24) is 9.88 Å². The van der Waals surface area contributed by atoms with Crippen LogP contribution in [-0.4, -0.2) is 46.9 Å². The van der Waals surface area contributed by atoms with Gasteiger partial charge in [-0.3, -0.25) is 4.79 Å². The topological polar surface area (TPSA) is 79.6 Å². The Morgan fingerprint density at radius 1 is 1.30 bits per heavy atom. The van der Waals surface area contributed by atoms with Crippen molar-refractivity contribution < 1.29 is 9.72 Å². The van der Waals surface area contributed by atoms with E-state index < -0.39 is 4.92 Å². The van der Waals surface area contributed by atoms with Gasteiger partial charge in [0, 0.05) is 38.7 Å². The monoisotopic (exact) mass is 316 g/mol. The van der Waals surface area contributed by atoms with E-state index in [0.29, 0.717) is 25.4 Å². The van der Waals surface area contributed by atoms with Crippen LogP contribution in [-0.2, 0) is 4.79 Å². The number of amides is 1. The number of aromatic nitrogens is 1. The lowest BCUT2D eigenvalue weighted by Gasteiger charge is -2.36. The van der Waals surface area contributed by atoms with Crippen molar-refractivity contribution in [2.45, 2.75) is 19.3 Å². The second kappa shape index (κ2) is 6.76. The van der Waals surface area contributed by atoms with Gasteiger partial charge in [0.05, 0.1) is 5.69 Å². The van der Waals surface area contributed by atoms with Gasteiger partial charge in [0.25, 0.3) is 0 Å². The molecule has 1 saturated heterocycles. The molecule has 2 aliphatic rings. The number of nitrogens with zero attached hydrogens (tertiary/aromatic N) is 4. The Bertz CT molecular complexity index is 606. The minimum Gasteiger partial charge on any atom is -0.365 e. The number of allylic oxidation sites excluding steroid dienone is 2. The van der Waals surface area contributed by atoms with Crippen molar-refractivity contribution in [3.63, 3.8) is 0 Å². The summed E-state index contributed by atoms with van der Waals surface area (Å²) >= 11 is 0. The van der Waals surface area contributed by atoms with E-state index in [-0.39, 0.29) is 11.7 Å². The molecule has 3 rings (SSSR count). The zero-order valence-corrected chi connectivity index (χ0v) is 12.9. The summed E-state index contributed by atoms with van der Waals surface area (Å²) in [4.78, 5) is 30.3. The molecular formula is C16H20N4O3. The first kappa shape index (κ1) is 15.5. The van der Waals surface area contributed by atoms with Crippen molar-refractivity contribution >= 4 is 17.4 Å². The number of piperazine rings is 1. The molecule has 1 unspecified atom stereocenters. The van der Waals surface area contributed by atoms with Gasteiger partial charge in [-0.1, -0.05) is 12.2 Å². The van der Waals surface area contributed by atoms with Crippen LogP contribution in [0.15, 0.2) is 30.5 Å². The van der Waals surface area contributed by atoms with Crippen LogP contribution in [0.5, 0.6) is 0 Å². The smallest absolute Gasteiger partial charge is 0.363 e. The normalized spacial score (nSPS) is 20.8. The first-order valence-corrected chi connectivity index (χ1v) is 7.93. The molecule has 0 radical (unpaired) electrons. The molecule has 0 saturated carbocycles. The first-order valence-electron chi connectivity index (χ1n) is 7.93. The largest absolute Gasteiger partial charge is 0.365 e. The molecule has 0 spiro atoms. The fourth-order valence-electron chi connectivity index (χ4n) is 3.11. The van der Waals surface area contributed by atoms with Crippen molar-refractivity contribution in [1.29, 1.82) is 0 Å². The van der Waals surface area contributed by atoms with E-state index >= 15 is 0 Å². The van der Waals surface area contributed by atoms with Gasteiger partial charge >= 0.3 is 5.82 Å². The molecule has 1 aliphatic carbocycles. The fraction of sp³-hybridized carbons (Fsp3) is 0.500. The third kappa shape index (κ3) is 3.67. The molecule has 0 aromatic carbocycles. The van der Waals surface area contributed by atoms with Crippen LogP contribution in [0.3, 0.4) is 0 Å². The molecule has 23 heavy (non-hydrogen) atoms. The molecule has 2 heterocycles. The highest BCUT2D eigenvalue weighted by molar-refractivity contribution is 5.77. The molecule has 1 aromatic rings. The first-order chi connectivity index (χ1) is 11.1. The van der Waals surface area contributed by atoms with E-state index in [1.54, 1.807) is 6.07 Å². The molecule has 1 aliphatic heterocycles. The van der Waals surface area contributed by atoms with E-state index in [1.165, 1.54) is 12.3 Å². The standard InChI is InChI=1S/C16H20N4O3/c21-16(11-13-3-1-2-4-13)19-9-7-18(8-10-19)14-5-6-15(17-12-14)20(22)23/h1,3,5-6,12-13H,2,4,7-11H2. The third-order valence-corrected chi connectivity index (χ3v) is 4.47. The third-order valence-electron chi connectivity index (χ3n) is 4.47. The maximum Gasteiger partial charge on any atom is 0.363 e. The Balaban J connectivity index is 1.52. The second-order valence-corrected chi connectivity index (χ2v) is 5.97. The summed E-state index contributed by atoms with van der Waals surface area (Å²) in [6.07, 6.45) is 8.60. The summed E-state index contributed by atoms with van der Waals surface area (Å²) in [6, 6.07) is 3.13. The van der Waals surface area contributed by atoms with E-state index in [1.807, 2.05) is 4.90 Å². The molecule has 0 N–H and O–H groups in total. The molecule has 1 aromatic heterocycles. The fourth-order valence-corrected chi connectivity index (χ4v) is 3.11. The van der Waals surface area contributed by atoms with E-state index in [2.05, 4.69) is 22.0 Å². The van der Waals surface area contributed by atoms with Gasteiger partial charge in [0.1, 0.15) is 0 Å². The Hall–Kier alpha value is -2.44. The molecule has 1 amide bonds. The SMILES string of the molecule is O=C(CC1C=CCC1)N1CCN(c2ccc([N+](=O)[O-])nc2)CC1. The lowest BCUT2D eigenvalue weighted by molar-refractivity contribution is -0.389. The average Bonchev–Trinajstić information content (AvgIpc) is 3.08. The van der Waals surface area contributed by atoms with Crippen LogP contribution >= 0.6 is 0 Å². The lowest BCUT2D eigenvalue weighted by atomic mass is 10.0. The summed E-state index contributed by atoms with van der Waals surface area (Å²) in [5.74, 6) is 0.481. The summed E-state index contributed by atoms with van der Waals surface area (Å²) in [5.41, 5.74) is 0.862. The van der Waals surface area contributed by atoms with Crippen molar-refractivity contribution in [3.05, 3.63) is 40.6 Å². The molecule has 0 bridgehead atoms. The minimum absolute atomic E-state index is 0.146. The minimum atomic E-state index is -0.502. The number of pyridine rings is 1. The lowest BCUT2D eigenvalue weighted by Crippen LogP contribution is -2.49. The van der Waals surface area contributed by atoms with E-state index in [9.17, 15) is 14.9 Å². The zero-order valence-electron chi connectivity index (χ0n) is 12.9. The number of hydrogen-bond donors (Lipinski definition) is 0. The maximum atomic E-state index is 12.3. The quantitative estimate of drug-likeness (QED) is 0.482. The second-order valence-electron chi connectivity index (χ2n) is 5.97. The molecule has 7 nitrogen and oxygen atoms in total. The highest BCUT2D eigenvalue weighted by Crippen LogP contribution is 2.22. The van der Waals surface area contributed by atoms with Crippen LogP contribution in [0, 0.1) is 16.0 Å². The van der Waals surface area contributed by atoms with Gasteiger partial charge in [-0.15, -0.1) is 0 Å². The number of anilines is 1. The molecule has 7 heteroatoms. The van der Waals surface area contributed by atoms with Crippen LogP contribution < -0.4 is 4.90 Å². The van der Waals surface area contributed by atoms with Gasteiger partial charge in [-0.25, -0.2) is 0 Å². The summed E-state index contributed by atoms with van der Waals surface area (Å²) < 4.78 is 0. The van der Waals surface area contributed by atoms with Crippen LogP contribution in [0.4, 0.5) is 11.5 Å². The highest BCUT2D eigenvalue weighted by Gasteiger charge is 2.24. The van der Waals surface area contributed by atoms with Gasteiger partial charge < -0.3 is 19.9 Å². The van der Waals surface area contributed by atoms with Gasteiger partial charge in [0.2, 0.25) is 5.91 Å². The molecule has 1 fully saturated rings. The molecule has 122 valence electrons. The van der Waals surface area contributed by atoms with Crippen molar-refractivity contribution in [2.75, 3.05) is 31.1 Å². The predicted octanol–water partition coefficient (Wildman–Crippen LogP) is 1.99. The Labute approximate surface area is 134 Å². The number of nitro groups is 1. The zero-order chi connectivity index (χ0) is 16.2. The Kier molecular flexibility index (Phi) is 4.55. The van der Waals surface area contributed by atoms with E-state index in [4.69, 9.17) is 0 Å². The maximum absolute atomic E-state index is 12.3. The number of carbonyl (C=O) groups is 1. The molecular weight excluding hydrogens is 296 g/mol. The van der Waals surface area contributed by atoms with Crippen molar-refractivity contribution in [3.8, 4) is 0 Å².